The van der Waals surface area contributed by atoms with E-state index in [-0.39, 0.29) is 18.3 Å². The SMILES string of the molecule is Bc1c(B)c(O)c(B)c(-c2ccc(B3OC(C)(C)C(C)(C)O3)cc2)c1B. The molecule has 0 spiro atoms. The van der Waals surface area contributed by atoms with E-state index in [9.17, 15) is 5.11 Å². The van der Waals surface area contributed by atoms with Crippen LogP contribution in [-0.4, -0.2) is 54.8 Å². The molecule has 1 saturated heterocycles. The molecule has 0 unspecified atom stereocenters. The fraction of sp³-hybridized carbons (Fsp3) is 0.333. The van der Waals surface area contributed by atoms with Gasteiger partial charge in [-0.1, -0.05) is 40.7 Å². The smallest absolute Gasteiger partial charge is 0.494 e. The first-order valence-electron chi connectivity index (χ1n) is 9.21. The number of rotatable bonds is 2. The van der Waals surface area contributed by atoms with Crippen LogP contribution in [0.3, 0.4) is 0 Å². The molecule has 26 heavy (non-hydrogen) atoms. The van der Waals surface area contributed by atoms with E-state index in [2.05, 4.69) is 67.7 Å². The van der Waals surface area contributed by atoms with Crippen molar-refractivity contribution in [1.82, 2.24) is 0 Å². The number of aromatic hydroxyl groups is 1. The van der Waals surface area contributed by atoms with Crippen LogP contribution < -0.4 is 27.3 Å². The van der Waals surface area contributed by atoms with Gasteiger partial charge in [-0.15, -0.1) is 0 Å². The summed E-state index contributed by atoms with van der Waals surface area (Å²) in [4.78, 5) is 0. The third-order valence-electron chi connectivity index (χ3n) is 6.31. The summed E-state index contributed by atoms with van der Waals surface area (Å²) in [5.74, 6) is 0.387. The van der Waals surface area contributed by atoms with Crippen LogP contribution in [0.5, 0.6) is 5.75 Å². The highest BCUT2D eigenvalue weighted by atomic mass is 16.7. The van der Waals surface area contributed by atoms with Crippen LogP contribution in [0.2, 0.25) is 0 Å². The van der Waals surface area contributed by atoms with Gasteiger partial charge in [0, 0.05) is 0 Å². The van der Waals surface area contributed by atoms with Gasteiger partial charge in [-0.05, 0) is 49.7 Å². The molecule has 0 radical (unpaired) electrons. The number of hydrogen-bond donors (Lipinski definition) is 1. The Kier molecular flexibility index (Phi) is 4.65. The Balaban J connectivity index is 1.98. The van der Waals surface area contributed by atoms with Crippen molar-refractivity contribution < 1.29 is 14.4 Å². The average molecular weight is 343 g/mol. The molecule has 1 aliphatic rings. The summed E-state index contributed by atoms with van der Waals surface area (Å²) in [6.07, 6.45) is 0. The van der Waals surface area contributed by atoms with Gasteiger partial charge < -0.3 is 14.4 Å². The van der Waals surface area contributed by atoms with Crippen LogP contribution in [0, 0.1) is 0 Å². The Morgan fingerprint density at radius 1 is 0.769 bits per heavy atom. The maximum Gasteiger partial charge on any atom is 0.494 e. The third kappa shape index (κ3) is 2.93. The van der Waals surface area contributed by atoms with Crippen molar-refractivity contribution in [2.75, 3.05) is 0 Å². The largest absolute Gasteiger partial charge is 0.509 e. The fourth-order valence-electron chi connectivity index (χ4n) is 3.55. The second-order valence-electron chi connectivity index (χ2n) is 8.43. The van der Waals surface area contributed by atoms with E-state index in [0.29, 0.717) is 5.75 Å². The molecule has 1 fully saturated rings. The molecule has 0 aromatic heterocycles. The van der Waals surface area contributed by atoms with Gasteiger partial charge in [0.1, 0.15) is 37.1 Å². The standard InChI is InChI=1S/C18H25B5O3/c1-17(2)18(3,4)26-23(25-17)10-7-5-9(6-8-10)11-12(19)14(21)15(22)16(24)13(11)20/h5-8,24H,19-22H2,1-4H3. The summed E-state index contributed by atoms with van der Waals surface area (Å²) in [5, 5.41) is 10.5. The minimum absolute atomic E-state index is 0.344. The van der Waals surface area contributed by atoms with Gasteiger partial charge in [-0.25, -0.2) is 0 Å². The van der Waals surface area contributed by atoms with E-state index < -0.39 is 0 Å². The van der Waals surface area contributed by atoms with Crippen molar-refractivity contribution in [1.29, 1.82) is 0 Å². The molecule has 2 aromatic rings. The zero-order chi connectivity index (χ0) is 19.4. The number of phenolic OH excluding ortho intramolecular Hbond substituents is 1. The molecule has 0 atom stereocenters. The van der Waals surface area contributed by atoms with E-state index in [1.54, 1.807) is 0 Å². The normalized spacial score (nSPS) is 18.2. The highest BCUT2D eigenvalue weighted by Gasteiger charge is 2.51. The van der Waals surface area contributed by atoms with Gasteiger partial charge in [0.25, 0.3) is 0 Å². The minimum atomic E-state index is -0.357. The zero-order valence-electron chi connectivity index (χ0n) is 17.2. The molecule has 3 nitrogen and oxygen atoms in total. The van der Waals surface area contributed by atoms with Gasteiger partial charge in [0.2, 0.25) is 0 Å². The number of benzene rings is 2. The average Bonchev–Trinajstić information content (AvgIpc) is 2.80. The van der Waals surface area contributed by atoms with Crippen LogP contribution in [-0.2, 0) is 9.31 Å². The predicted molar refractivity (Wildman–Crippen MR) is 122 cm³/mol. The van der Waals surface area contributed by atoms with E-state index in [0.717, 1.165) is 33.0 Å². The summed E-state index contributed by atoms with van der Waals surface area (Å²) in [5.41, 5.74) is 6.75. The topological polar surface area (TPSA) is 38.7 Å². The molecule has 2 aromatic carbocycles. The first-order valence-corrected chi connectivity index (χ1v) is 9.21. The van der Waals surface area contributed by atoms with Crippen LogP contribution in [0.1, 0.15) is 27.7 Å². The minimum Gasteiger partial charge on any atom is -0.509 e. The first kappa shape index (κ1) is 19.3. The Hall–Kier alpha value is -1.52. The molecular formula is C18H25B5O3. The molecule has 1 heterocycles. The summed E-state index contributed by atoms with van der Waals surface area (Å²) in [6.45, 7) is 8.25. The summed E-state index contributed by atoms with van der Waals surface area (Å²) in [7, 11) is 7.77. The van der Waals surface area contributed by atoms with Gasteiger partial charge in [0.05, 0.1) is 11.2 Å². The monoisotopic (exact) mass is 344 g/mol. The van der Waals surface area contributed by atoms with Crippen LogP contribution in [0.4, 0.5) is 0 Å². The second kappa shape index (κ2) is 6.28. The van der Waals surface area contributed by atoms with Crippen LogP contribution in [0.15, 0.2) is 24.3 Å². The van der Waals surface area contributed by atoms with Crippen molar-refractivity contribution in [3.05, 3.63) is 24.3 Å². The van der Waals surface area contributed by atoms with Gasteiger partial charge in [-0.2, -0.15) is 0 Å². The molecule has 8 heteroatoms. The maximum atomic E-state index is 10.5. The van der Waals surface area contributed by atoms with Crippen molar-refractivity contribution in [3.63, 3.8) is 0 Å². The zero-order valence-corrected chi connectivity index (χ0v) is 17.2. The highest BCUT2D eigenvalue weighted by Crippen LogP contribution is 2.36. The fourth-order valence-corrected chi connectivity index (χ4v) is 3.55. The maximum absolute atomic E-state index is 10.5. The van der Waals surface area contributed by atoms with E-state index in [4.69, 9.17) is 9.31 Å². The Labute approximate surface area is 160 Å². The van der Waals surface area contributed by atoms with Crippen molar-refractivity contribution in [3.8, 4) is 16.9 Å². The lowest BCUT2D eigenvalue weighted by atomic mass is 9.65. The molecule has 0 aliphatic carbocycles. The van der Waals surface area contributed by atoms with Crippen molar-refractivity contribution in [2.24, 2.45) is 0 Å². The van der Waals surface area contributed by atoms with Crippen LogP contribution in [0.25, 0.3) is 11.1 Å². The number of phenols is 1. The lowest BCUT2D eigenvalue weighted by Crippen LogP contribution is -2.44. The Bertz CT molecular complexity index is 817. The lowest BCUT2D eigenvalue weighted by Gasteiger charge is -2.32. The first-order chi connectivity index (χ1) is 12.0. The van der Waals surface area contributed by atoms with E-state index in [1.807, 2.05) is 15.7 Å². The van der Waals surface area contributed by atoms with Gasteiger partial charge >= 0.3 is 7.12 Å². The number of hydrogen-bond acceptors (Lipinski definition) is 3. The van der Waals surface area contributed by atoms with E-state index >= 15 is 0 Å². The predicted octanol–water partition coefficient (Wildman–Crippen LogP) is -3.61. The molecule has 0 amide bonds. The Morgan fingerprint density at radius 2 is 1.27 bits per heavy atom. The van der Waals surface area contributed by atoms with E-state index in [1.165, 1.54) is 5.46 Å². The highest BCUT2D eigenvalue weighted by molar-refractivity contribution is 6.63. The molecule has 130 valence electrons. The molecule has 0 saturated carbocycles. The van der Waals surface area contributed by atoms with Crippen molar-refractivity contribution >= 4 is 65.8 Å². The van der Waals surface area contributed by atoms with Crippen LogP contribution >= 0.6 is 0 Å². The quantitative estimate of drug-likeness (QED) is 0.573. The Morgan fingerprint density at radius 3 is 1.77 bits per heavy atom. The summed E-state index contributed by atoms with van der Waals surface area (Å²) >= 11 is 0. The molecule has 0 bridgehead atoms. The lowest BCUT2D eigenvalue weighted by molar-refractivity contribution is 0.00578. The second-order valence-corrected chi connectivity index (χ2v) is 8.43. The van der Waals surface area contributed by atoms with Crippen molar-refractivity contribution in [2.45, 2.75) is 38.9 Å². The summed E-state index contributed by atoms with van der Waals surface area (Å²) in [6, 6.07) is 8.29. The third-order valence-corrected chi connectivity index (χ3v) is 6.31. The molecule has 1 N–H and O–H groups in total. The molecular weight excluding hydrogens is 318 g/mol. The summed E-state index contributed by atoms with van der Waals surface area (Å²) < 4.78 is 12.3. The molecule has 1 aliphatic heterocycles. The molecule has 3 rings (SSSR count). The van der Waals surface area contributed by atoms with Gasteiger partial charge in [-0.3, -0.25) is 0 Å². The van der Waals surface area contributed by atoms with Gasteiger partial charge in [0.15, 0.2) is 0 Å².